The van der Waals surface area contributed by atoms with Gasteiger partial charge in [-0.25, -0.2) is 8.42 Å². The maximum Gasteiger partial charge on any atom is 0.244 e. The minimum Gasteiger partial charge on any atom is -0.399 e. The van der Waals surface area contributed by atoms with Crippen molar-refractivity contribution in [3.8, 4) is 0 Å². The summed E-state index contributed by atoms with van der Waals surface area (Å²) in [6, 6.07) is 4.51. The standard InChI is InChI=1S/C13H20ClN3O2S/c1-2-5-16-6-8-17(9-7-16)20(18,19)13-4-3-11(15)10-12(13)14/h3-4,10H,2,5-9,15H2,1H3. The van der Waals surface area contributed by atoms with E-state index in [1.165, 1.54) is 16.4 Å². The molecule has 0 atom stereocenters. The van der Waals surface area contributed by atoms with E-state index >= 15 is 0 Å². The average molecular weight is 318 g/mol. The number of rotatable bonds is 4. The highest BCUT2D eigenvalue weighted by atomic mass is 35.5. The number of anilines is 1. The fourth-order valence-corrected chi connectivity index (χ4v) is 4.32. The lowest BCUT2D eigenvalue weighted by atomic mass is 10.3. The maximum atomic E-state index is 12.6. The molecule has 2 rings (SSSR count). The van der Waals surface area contributed by atoms with Gasteiger partial charge in [-0.1, -0.05) is 18.5 Å². The summed E-state index contributed by atoms with van der Waals surface area (Å²) in [5.41, 5.74) is 6.06. The fourth-order valence-electron chi connectivity index (χ4n) is 2.38. The Bertz CT molecular complexity index is 569. The van der Waals surface area contributed by atoms with Crippen molar-refractivity contribution in [3.05, 3.63) is 23.2 Å². The summed E-state index contributed by atoms with van der Waals surface area (Å²) < 4.78 is 26.6. The molecule has 0 aliphatic carbocycles. The molecule has 1 heterocycles. The zero-order valence-corrected chi connectivity index (χ0v) is 13.1. The van der Waals surface area contributed by atoms with Gasteiger partial charge in [-0.2, -0.15) is 4.31 Å². The Hall–Kier alpha value is -0.820. The molecule has 1 aliphatic heterocycles. The molecule has 0 aromatic heterocycles. The molecule has 1 fully saturated rings. The lowest BCUT2D eigenvalue weighted by Gasteiger charge is -2.33. The van der Waals surface area contributed by atoms with Gasteiger partial charge in [0.2, 0.25) is 10.0 Å². The fraction of sp³-hybridized carbons (Fsp3) is 0.538. The molecule has 1 aromatic carbocycles. The van der Waals surface area contributed by atoms with Crippen LogP contribution in [0.3, 0.4) is 0 Å². The Morgan fingerprint density at radius 1 is 1.25 bits per heavy atom. The monoisotopic (exact) mass is 317 g/mol. The molecular formula is C13H20ClN3O2S. The average Bonchev–Trinajstić information content (AvgIpc) is 2.39. The van der Waals surface area contributed by atoms with Crippen LogP contribution in [0.1, 0.15) is 13.3 Å². The number of nitrogens with two attached hydrogens (primary N) is 1. The van der Waals surface area contributed by atoms with Crippen molar-refractivity contribution in [1.82, 2.24) is 9.21 Å². The number of hydrogen-bond acceptors (Lipinski definition) is 4. The zero-order valence-electron chi connectivity index (χ0n) is 11.5. The van der Waals surface area contributed by atoms with E-state index in [0.717, 1.165) is 26.1 Å². The van der Waals surface area contributed by atoms with E-state index < -0.39 is 10.0 Å². The number of nitrogens with zero attached hydrogens (tertiary/aromatic N) is 2. The minimum atomic E-state index is -3.53. The van der Waals surface area contributed by atoms with Crippen molar-refractivity contribution in [1.29, 1.82) is 0 Å². The molecule has 7 heteroatoms. The quantitative estimate of drug-likeness (QED) is 0.857. The first-order valence-electron chi connectivity index (χ1n) is 6.72. The molecule has 0 spiro atoms. The second kappa shape index (κ2) is 6.30. The molecular weight excluding hydrogens is 298 g/mol. The molecule has 0 saturated carbocycles. The minimum absolute atomic E-state index is 0.136. The second-order valence-electron chi connectivity index (χ2n) is 4.94. The molecule has 20 heavy (non-hydrogen) atoms. The summed E-state index contributed by atoms with van der Waals surface area (Å²) in [6.45, 7) is 5.67. The Balaban J connectivity index is 2.15. The van der Waals surface area contributed by atoms with Gasteiger partial charge in [-0.05, 0) is 31.2 Å². The van der Waals surface area contributed by atoms with E-state index in [4.69, 9.17) is 17.3 Å². The van der Waals surface area contributed by atoms with Crippen LogP contribution in [0.4, 0.5) is 5.69 Å². The van der Waals surface area contributed by atoms with E-state index in [1.54, 1.807) is 6.07 Å². The number of nitrogen functional groups attached to an aromatic ring is 1. The number of halogens is 1. The molecule has 5 nitrogen and oxygen atoms in total. The molecule has 1 aromatic rings. The first-order valence-corrected chi connectivity index (χ1v) is 8.54. The SMILES string of the molecule is CCCN1CCN(S(=O)(=O)c2ccc(N)cc2Cl)CC1. The molecule has 2 N–H and O–H groups in total. The van der Waals surface area contributed by atoms with Crippen LogP contribution in [0.15, 0.2) is 23.1 Å². The van der Waals surface area contributed by atoms with Gasteiger partial charge in [0.1, 0.15) is 4.90 Å². The van der Waals surface area contributed by atoms with Crippen LogP contribution in [-0.2, 0) is 10.0 Å². The van der Waals surface area contributed by atoms with Crippen LogP contribution in [-0.4, -0.2) is 50.3 Å². The Morgan fingerprint density at radius 2 is 1.90 bits per heavy atom. The van der Waals surface area contributed by atoms with Crippen molar-refractivity contribution in [2.45, 2.75) is 18.2 Å². The van der Waals surface area contributed by atoms with Crippen molar-refractivity contribution < 1.29 is 8.42 Å². The molecule has 112 valence electrons. The first-order chi connectivity index (χ1) is 9.45. The number of piperazine rings is 1. The zero-order chi connectivity index (χ0) is 14.8. The van der Waals surface area contributed by atoms with Gasteiger partial charge in [0, 0.05) is 31.9 Å². The lowest BCUT2D eigenvalue weighted by molar-refractivity contribution is 0.188. The van der Waals surface area contributed by atoms with Gasteiger partial charge in [0.05, 0.1) is 5.02 Å². The first kappa shape index (κ1) is 15.6. The largest absolute Gasteiger partial charge is 0.399 e. The van der Waals surface area contributed by atoms with Crippen molar-refractivity contribution >= 4 is 27.3 Å². The van der Waals surface area contributed by atoms with Crippen molar-refractivity contribution in [2.75, 3.05) is 38.5 Å². The van der Waals surface area contributed by atoms with E-state index in [2.05, 4.69) is 11.8 Å². The summed E-state index contributed by atoms with van der Waals surface area (Å²) in [7, 11) is -3.53. The van der Waals surface area contributed by atoms with Gasteiger partial charge in [0.15, 0.2) is 0 Å². The summed E-state index contributed by atoms with van der Waals surface area (Å²) in [4.78, 5) is 2.41. The predicted molar refractivity (Wildman–Crippen MR) is 81.4 cm³/mol. The Kier molecular flexibility index (Phi) is 4.90. The summed E-state index contributed by atoms with van der Waals surface area (Å²) in [5, 5.41) is 0.181. The highest BCUT2D eigenvalue weighted by Crippen LogP contribution is 2.27. The normalized spacial score (nSPS) is 18.3. The third kappa shape index (κ3) is 3.25. The predicted octanol–water partition coefficient (Wildman–Crippen LogP) is 1.64. The van der Waals surface area contributed by atoms with E-state index in [1.807, 2.05) is 0 Å². The molecule has 1 saturated heterocycles. The highest BCUT2D eigenvalue weighted by molar-refractivity contribution is 7.89. The van der Waals surface area contributed by atoms with E-state index in [9.17, 15) is 8.42 Å². The summed E-state index contributed by atoms with van der Waals surface area (Å²) in [6.07, 6.45) is 1.08. The lowest BCUT2D eigenvalue weighted by Crippen LogP contribution is -2.48. The molecule has 0 amide bonds. The third-order valence-electron chi connectivity index (χ3n) is 3.44. The van der Waals surface area contributed by atoms with Gasteiger partial charge in [-0.3, -0.25) is 0 Å². The highest BCUT2D eigenvalue weighted by Gasteiger charge is 2.29. The van der Waals surface area contributed by atoms with Crippen LogP contribution < -0.4 is 5.73 Å². The Morgan fingerprint density at radius 3 is 2.45 bits per heavy atom. The second-order valence-corrected chi connectivity index (χ2v) is 7.25. The molecule has 0 unspecified atom stereocenters. The number of benzene rings is 1. The van der Waals surface area contributed by atoms with Gasteiger partial charge >= 0.3 is 0 Å². The van der Waals surface area contributed by atoms with Crippen LogP contribution in [0, 0.1) is 0 Å². The van der Waals surface area contributed by atoms with E-state index in [-0.39, 0.29) is 9.92 Å². The van der Waals surface area contributed by atoms with E-state index in [0.29, 0.717) is 18.8 Å². The van der Waals surface area contributed by atoms with Gasteiger partial charge in [0.25, 0.3) is 0 Å². The molecule has 1 aliphatic rings. The number of hydrogen-bond donors (Lipinski definition) is 1. The van der Waals surface area contributed by atoms with Gasteiger partial charge < -0.3 is 10.6 Å². The van der Waals surface area contributed by atoms with Crippen LogP contribution in [0.2, 0.25) is 5.02 Å². The van der Waals surface area contributed by atoms with Gasteiger partial charge in [-0.15, -0.1) is 0 Å². The Labute approximate surface area is 125 Å². The third-order valence-corrected chi connectivity index (χ3v) is 5.83. The molecule has 0 bridgehead atoms. The summed E-state index contributed by atoms with van der Waals surface area (Å²) >= 11 is 6.02. The van der Waals surface area contributed by atoms with Crippen molar-refractivity contribution in [2.24, 2.45) is 0 Å². The van der Waals surface area contributed by atoms with Crippen LogP contribution >= 0.6 is 11.6 Å². The van der Waals surface area contributed by atoms with Crippen molar-refractivity contribution in [3.63, 3.8) is 0 Å². The molecule has 0 radical (unpaired) electrons. The smallest absolute Gasteiger partial charge is 0.244 e. The topological polar surface area (TPSA) is 66.6 Å². The number of sulfonamides is 1. The van der Waals surface area contributed by atoms with Crippen LogP contribution in [0.25, 0.3) is 0 Å². The van der Waals surface area contributed by atoms with Crippen LogP contribution in [0.5, 0.6) is 0 Å². The summed E-state index contributed by atoms with van der Waals surface area (Å²) in [5.74, 6) is 0. The maximum absolute atomic E-state index is 12.6.